The van der Waals surface area contributed by atoms with Crippen molar-refractivity contribution in [2.24, 2.45) is 0 Å². The van der Waals surface area contributed by atoms with Crippen LogP contribution in [0.1, 0.15) is 19.4 Å². The highest BCUT2D eigenvalue weighted by atomic mass is 79.9. The van der Waals surface area contributed by atoms with E-state index in [1.54, 1.807) is 0 Å². The van der Waals surface area contributed by atoms with Gasteiger partial charge in [-0.3, -0.25) is 0 Å². The molecule has 0 amide bonds. The molecule has 0 heterocycles. The molecule has 3 heteroatoms. The zero-order valence-electron chi connectivity index (χ0n) is 8.58. The second-order valence-corrected chi connectivity index (χ2v) is 4.33. The fourth-order valence-corrected chi connectivity index (χ4v) is 1.57. The first-order valence-corrected chi connectivity index (χ1v) is 5.28. The Bertz CT molecular complexity index is 366. The fraction of sp³-hybridized carbons (Fsp3) is 0.364. The monoisotopic (exact) mass is 252 g/mol. The summed E-state index contributed by atoms with van der Waals surface area (Å²) in [5.74, 6) is 0. The molecule has 0 spiro atoms. The summed E-state index contributed by atoms with van der Waals surface area (Å²) in [6.07, 6.45) is 0. The van der Waals surface area contributed by atoms with E-state index in [0.717, 1.165) is 10.2 Å². The van der Waals surface area contributed by atoms with Gasteiger partial charge in [0, 0.05) is 23.2 Å². The first-order valence-electron chi connectivity index (χ1n) is 4.48. The minimum atomic E-state index is 0.454. The molecular formula is C11H13BrN2. The van der Waals surface area contributed by atoms with Crippen LogP contribution in [0.4, 0.5) is 5.69 Å². The average molecular weight is 253 g/mol. The highest BCUT2D eigenvalue weighted by molar-refractivity contribution is 9.10. The normalized spacial score (nSPS) is 10.0. The van der Waals surface area contributed by atoms with Crippen molar-refractivity contribution in [3.8, 4) is 6.07 Å². The van der Waals surface area contributed by atoms with Crippen LogP contribution in [0, 0.1) is 11.3 Å². The summed E-state index contributed by atoms with van der Waals surface area (Å²) in [6, 6.07) is 8.34. The van der Waals surface area contributed by atoms with Crippen molar-refractivity contribution in [1.82, 2.24) is 0 Å². The van der Waals surface area contributed by atoms with Gasteiger partial charge >= 0.3 is 0 Å². The molecule has 0 unspecified atom stereocenters. The smallest absolute Gasteiger partial charge is 0.100 e. The van der Waals surface area contributed by atoms with Crippen molar-refractivity contribution in [3.63, 3.8) is 0 Å². The highest BCUT2D eigenvalue weighted by Gasteiger charge is 2.06. The van der Waals surface area contributed by atoms with Crippen molar-refractivity contribution in [3.05, 3.63) is 28.2 Å². The number of anilines is 1. The number of halogens is 1. The van der Waals surface area contributed by atoms with Crippen LogP contribution in [0.5, 0.6) is 0 Å². The van der Waals surface area contributed by atoms with E-state index in [-0.39, 0.29) is 0 Å². The van der Waals surface area contributed by atoms with Crippen LogP contribution in [0.25, 0.3) is 0 Å². The van der Waals surface area contributed by atoms with Gasteiger partial charge in [0.05, 0.1) is 5.56 Å². The van der Waals surface area contributed by atoms with Crippen LogP contribution < -0.4 is 4.90 Å². The van der Waals surface area contributed by atoms with E-state index in [1.165, 1.54) is 0 Å². The van der Waals surface area contributed by atoms with Crippen LogP contribution in [-0.4, -0.2) is 13.1 Å². The molecule has 2 nitrogen and oxygen atoms in total. The van der Waals surface area contributed by atoms with Gasteiger partial charge in [-0.25, -0.2) is 0 Å². The fourth-order valence-electron chi connectivity index (χ4n) is 1.11. The van der Waals surface area contributed by atoms with E-state index >= 15 is 0 Å². The molecule has 0 fully saturated rings. The van der Waals surface area contributed by atoms with Gasteiger partial charge in [0.1, 0.15) is 6.07 Å². The van der Waals surface area contributed by atoms with Crippen LogP contribution in [0.15, 0.2) is 22.7 Å². The Kier molecular flexibility index (Phi) is 3.54. The summed E-state index contributed by atoms with van der Waals surface area (Å²) in [5.41, 5.74) is 1.79. The minimum Gasteiger partial charge on any atom is -0.372 e. The Morgan fingerprint density at radius 1 is 1.43 bits per heavy atom. The molecular weight excluding hydrogens is 240 g/mol. The topological polar surface area (TPSA) is 27.0 Å². The van der Waals surface area contributed by atoms with Gasteiger partial charge in [-0.2, -0.15) is 5.26 Å². The summed E-state index contributed by atoms with van der Waals surface area (Å²) in [7, 11) is 2.04. The molecule has 0 aliphatic carbocycles. The van der Waals surface area contributed by atoms with Crippen LogP contribution in [0.3, 0.4) is 0 Å². The molecule has 0 N–H and O–H groups in total. The first-order chi connectivity index (χ1) is 6.56. The van der Waals surface area contributed by atoms with E-state index in [4.69, 9.17) is 5.26 Å². The van der Waals surface area contributed by atoms with Crippen LogP contribution in [-0.2, 0) is 0 Å². The lowest BCUT2D eigenvalue weighted by Gasteiger charge is -2.24. The number of rotatable bonds is 2. The lowest BCUT2D eigenvalue weighted by molar-refractivity contribution is 0.754. The summed E-state index contributed by atoms with van der Waals surface area (Å²) in [4.78, 5) is 2.16. The van der Waals surface area contributed by atoms with Gasteiger partial charge in [-0.1, -0.05) is 0 Å². The van der Waals surface area contributed by atoms with Gasteiger partial charge in [0.25, 0.3) is 0 Å². The van der Waals surface area contributed by atoms with Crippen LogP contribution in [0.2, 0.25) is 0 Å². The standard InChI is InChI=1S/C11H13BrN2/c1-8(2)14(3)10-5-4-9(7-13)11(12)6-10/h4-6,8H,1-3H3. The molecule has 0 aliphatic rings. The second kappa shape index (κ2) is 4.47. The quantitative estimate of drug-likeness (QED) is 0.809. The average Bonchev–Trinajstić information content (AvgIpc) is 2.16. The Balaban J connectivity index is 3.04. The third kappa shape index (κ3) is 2.27. The first kappa shape index (κ1) is 11.1. The number of nitrogens with zero attached hydrogens (tertiary/aromatic N) is 2. The Hall–Kier alpha value is -1.01. The lowest BCUT2D eigenvalue weighted by Crippen LogP contribution is -2.25. The van der Waals surface area contributed by atoms with Crippen LogP contribution >= 0.6 is 15.9 Å². The van der Waals surface area contributed by atoms with Gasteiger partial charge < -0.3 is 4.90 Å². The maximum absolute atomic E-state index is 8.76. The molecule has 0 saturated heterocycles. The third-order valence-corrected chi connectivity index (χ3v) is 2.91. The van der Waals surface area contributed by atoms with Crippen molar-refractivity contribution < 1.29 is 0 Å². The number of nitriles is 1. The highest BCUT2D eigenvalue weighted by Crippen LogP contribution is 2.23. The molecule has 0 bridgehead atoms. The lowest BCUT2D eigenvalue weighted by atomic mass is 10.2. The molecule has 1 rings (SSSR count). The molecule has 0 radical (unpaired) electrons. The zero-order chi connectivity index (χ0) is 10.7. The van der Waals surface area contributed by atoms with Crippen molar-refractivity contribution >= 4 is 21.6 Å². The van der Waals surface area contributed by atoms with Gasteiger partial charge in [0.2, 0.25) is 0 Å². The molecule has 14 heavy (non-hydrogen) atoms. The minimum absolute atomic E-state index is 0.454. The van der Waals surface area contributed by atoms with Gasteiger partial charge in [0.15, 0.2) is 0 Å². The predicted molar refractivity (Wildman–Crippen MR) is 62.4 cm³/mol. The zero-order valence-corrected chi connectivity index (χ0v) is 10.2. The number of hydrogen-bond donors (Lipinski definition) is 0. The number of hydrogen-bond acceptors (Lipinski definition) is 2. The molecule has 0 aliphatic heterocycles. The van der Waals surface area contributed by atoms with E-state index in [1.807, 2.05) is 25.2 Å². The summed E-state index contributed by atoms with van der Waals surface area (Å²) >= 11 is 3.38. The second-order valence-electron chi connectivity index (χ2n) is 3.48. The Morgan fingerprint density at radius 2 is 2.07 bits per heavy atom. The van der Waals surface area contributed by atoms with E-state index in [0.29, 0.717) is 11.6 Å². The molecule has 0 atom stereocenters. The molecule has 74 valence electrons. The predicted octanol–water partition coefficient (Wildman–Crippen LogP) is 3.17. The molecule has 1 aromatic carbocycles. The van der Waals surface area contributed by atoms with Gasteiger partial charge in [-0.15, -0.1) is 0 Å². The molecule has 1 aromatic rings. The maximum atomic E-state index is 8.76. The van der Waals surface area contributed by atoms with Crippen molar-refractivity contribution in [1.29, 1.82) is 5.26 Å². The summed E-state index contributed by atoms with van der Waals surface area (Å²) in [5, 5.41) is 8.76. The van der Waals surface area contributed by atoms with Crippen molar-refractivity contribution in [2.45, 2.75) is 19.9 Å². The van der Waals surface area contributed by atoms with E-state index < -0.39 is 0 Å². The maximum Gasteiger partial charge on any atom is 0.100 e. The SMILES string of the molecule is CC(C)N(C)c1ccc(C#N)c(Br)c1. The third-order valence-electron chi connectivity index (χ3n) is 2.25. The Labute approximate surface area is 93.3 Å². The van der Waals surface area contributed by atoms with E-state index in [2.05, 4.69) is 40.7 Å². The summed E-state index contributed by atoms with van der Waals surface area (Å²) in [6.45, 7) is 4.26. The number of benzene rings is 1. The summed E-state index contributed by atoms with van der Waals surface area (Å²) < 4.78 is 0.852. The molecule has 0 aromatic heterocycles. The van der Waals surface area contributed by atoms with Crippen molar-refractivity contribution in [2.75, 3.05) is 11.9 Å². The molecule has 0 saturated carbocycles. The van der Waals surface area contributed by atoms with Gasteiger partial charge in [-0.05, 0) is 48.0 Å². The largest absolute Gasteiger partial charge is 0.372 e. The Morgan fingerprint density at radius 3 is 2.50 bits per heavy atom. The van der Waals surface area contributed by atoms with E-state index in [9.17, 15) is 0 Å².